The number of carbonyl (C=O) groups is 1. The number of aryl methyl sites for hydroxylation is 1. The van der Waals surface area contributed by atoms with Crippen LogP contribution in [-0.4, -0.2) is 18.0 Å². The standard InChI is InChI=1S/C16H26N2O/c1-7-18(13-10-8-9-12(2)11-13)14(19)15(3,4)16(5,6)17/h8-11H,7,17H2,1-6H3. The van der Waals surface area contributed by atoms with Gasteiger partial charge in [0.2, 0.25) is 5.91 Å². The summed E-state index contributed by atoms with van der Waals surface area (Å²) in [6.07, 6.45) is 0. The summed E-state index contributed by atoms with van der Waals surface area (Å²) in [7, 11) is 0. The first-order valence-electron chi connectivity index (χ1n) is 6.78. The maximum Gasteiger partial charge on any atom is 0.234 e. The van der Waals surface area contributed by atoms with Crippen molar-refractivity contribution < 1.29 is 4.79 Å². The number of hydrogen-bond acceptors (Lipinski definition) is 2. The average Bonchev–Trinajstić information content (AvgIpc) is 2.28. The number of benzene rings is 1. The number of amides is 1. The Morgan fingerprint density at radius 3 is 2.26 bits per heavy atom. The Morgan fingerprint density at radius 2 is 1.84 bits per heavy atom. The molecule has 0 unspecified atom stereocenters. The van der Waals surface area contributed by atoms with Gasteiger partial charge in [-0.2, -0.15) is 0 Å². The van der Waals surface area contributed by atoms with Crippen LogP contribution >= 0.6 is 0 Å². The maximum absolute atomic E-state index is 12.8. The highest BCUT2D eigenvalue weighted by molar-refractivity contribution is 5.98. The molecular formula is C16H26N2O. The molecule has 0 aliphatic heterocycles. The van der Waals surface area contributed by atoms with Crippen LogP contribution in [0.4, 0.5) is 5.69 Å². The van der Waals surface area contributed by atoms with Crippen molar-refractivity contribution in [3.8, 4) is 0 Å². The summed E-state index contributed by atoms with van der Waals surface area (Å²) in [5, 5.41) is 0. The molecule has 0 radical (unpaired) electrons. The van der Waals surface area contributed by atoms with Crippen molar-refractivity contribution in [1.82, 2.24) is 0 Å². The minimum absolute atomic E-state index is 0.0631. The normalized spacial score (nSPS) is 12.4. The van der Waals surface area contributed by atoms with Gasteiger partial charge in [-0.15, -0.1) is 0 Å². The van der Waals surface area contributed by atoms with Crippen LogP contribution in [0.2, 0.25) is 0 Å². The Kier molecular flexibility index (Phi) is 4.41. The summed E-state index contributed by atoms with van der Waals surface area (Å²) in [6.45, 7) is 12.3. The highest BCUT2D eigenvalue weighted by atomic mass is 16.2. The van der Waals surface area contributed by atoms with Gasteiger partial charge in [-0.05, 0) is 59.2 Å². The lowest BCUT2D eigenvalue weighted by Gasteiger charge is -2.40. The molecule has 0 aromatic heterocycles. The fourth-order valence-electron chi connectivity index (χ4n) is 1.85. The molecule has 0 saturated carbocycles. The van der Waals surface area contributed by atoms with Gasteiger partial charge in [0.05, 0.1) is 5.41 Å². The van der Waals surface area contributed by atoms with Crippen LogP contribution in [0.25, 0.3) is 0 Å². The molecule has 0 aliphatic rings. The van der Waals surface area contributed by atoms with Crippen LogP contribution in [0, 0.1) is 12.3 Å². The molecule has 106 valence electrons. The molecule has 19 heavy (non-hydrogen) atoms. The quantitative estimate of drug-likeness (QED) is 0.906. The molecule has 2 N–H and O–H groups in total. The lowest BCUT2D eigenvalue weighted by molar-refractivity contribution is -0.129. The Labute approximate surface area is 116 Å². The van der Waals surface area contributed by atoms with Crippen molar-refractivity contribution in [2.45, 2.75) is 47.1 Å². The summed E-state index contributed by atoms with van der Waals surface area (Å²) in [5.41, 5.74) is 7.06. The van der Waals surface area contributed by atoms with E-state index in [1.165, 1.54) is 0 Å². The van der Waals surface area contributed by atoms with Gasteiger partial charge in [0.25, 0.3) is 0 Å². The van der Waals surface area contributed by atoms with Crippen molar-refractivity contribution >= 4 is 11.6 Å². The van der Waals surface area contributed by atoms with Crippen LogP contribution in [0.1, 0.15) is 40.2 Å². The molecule has 1 aromatic rings. The highest BCUT2D eigenvalue weighted by Gasteiger charge is 2.42. The van der Waals surface area contributed by atoms with E-state index in [0.29, 0.717) is 6.54 Å². The summed E-state index contributed by atoms with van der Waals surface area (Å²) in [4.78, 5) is 14.6. The average molecular weight is 262 g/mol. The second kappa shape index (κ2) is 5.33. The van der Waals surface area contributed by atoms with E-state index in [0.717, 1.165) is 11.3 Å². The minimum atomic E-state index is -0.618. The third-order valence-electron chi connectivity index (χ3n) is 4.02. The fourth-order valence-corrected chi connectivity index (χ4v) is 1.85. The first kappa shape index (κ1) is 15.7. The van der Waals surface area contributed by atoms with E-state index in [2.05, 4.69) is 0 Å². The van der Waals surface area contributed by atoms with Crippen LogP contribution in [0.3, 0.4) is 0 Å². The van der Waals surface area contributed by atoms with Gasteiger partial charge in [-0.25, -0.2) is 0 Å². The van der Waals surface area contributed by atoms with Gasteiger partial charge >= 0.3 is 0 Å². The molecule has 0 saturated heterocycles. The van der Waals surface area contributed by atoms with E-state index >= 15 is 0 Å². The largest absolute Gasteiger partial charge is 0.325 e. The van der Waals surface area contributed by atoms with Crippen molar-refractivity contribution in [2.75, 3.05) is 11.4 Å². The molecule has 0 heterocycles. The van der Waals surface area contributed by atoms with Crippen LogP contribution in [0.5, 0.6) is 0 Å². The molecule has 0 spiro atoms. The lowest BCUT2D eigenvalue weighted by atomic mass is 9.74. The topological polar surface area (TPSA) is 46.3 Å². The van der Waals surface area contributed by atoms with Gasteiger partial charge in [0.15, 0.2) is 0 Å². The molecule has 0 bridgehead atoms. The lowest BCUT2D eigenvalue weighted by Crippen LogP contribution is -2.56. The Hall–Kier alpha value is -1.35. The van der Waals surface area contributed by atoms with E-state index < -0.39 is 11.0 Å². The Balaban J connectivity index is 3.15. The monoisotopic (exact) mass is 262 g/mol. The smallest absolute Gasteiger partial charge is 0.234 e. The van der Waals surface area contributed by atoms with E-state index in [-0.39, 0.29) is 5.91 Å². The van der Waals surface area contributed by atoms with Gasteiger partial charge in [-0.3, -0.25) is 4.79 Å². The SMILES string of the molecule is CCN(C(=O)C(C)(C)C(C)(C)N)c1cccc(C)c1. The Morgan fingerprint density at radius 1 is 1.26 bits per heavy atom. The van der Waals surface area contributed by atoms with Crippen molar-refractivity contribution in [3.05, 3.63) is 29.8 Å². The molecule has 3 heteroatoms. The number of nitrogens with zero attached hydrogens (tertiary/aromatic N) is 1. The third-order valence-corrected chi connectivity index (χ3v) is 4.02. The minimum Gasteiger partial charge on any atom is -0.325 e. The number of hydrogen-bond donors (Lipinski definition) is 1. The summed E-state index contributed by atoms with van der Waals surface area (Å²) in [6, 6.07) is 8.00. The maximum atomic E-state index is 12.8. The number of rotatable bonds is 4. The van der Waals surface area contributed by atoms with E-state index in [1.54, 1.807) is 0 Å². The predicted molar refractivity (Wildman–Crippen MR) is 81.3 cm³/mol. The summed E-state index contributed by atoms with van der Waals surface area (Å²) >= 11 is 0. The summed E-state index contributed by atoms with van der Waals surface area (Å²) < 4.78 is 0. The zero-order chi connectivity index (χ0) is 14.8. The predicted octanol–water partition coefficient (Wildman–Crippen LogP) is 3.11. The fraction of sp³-hybridized carbons (Fsp3) is 0.562. The number of nitrogens with two attached hydrogens (primary N) is 1. The number of anilines is 1. The van der Waals surface area contributed by atoms with Crippen LogP contribution in [0.15, 0.2) is 24.3 Å². The van der Waals surface area contributed by atoms with E-state index in [4.69, 9.17) is 5.73 Å². The van der Waals surface area contributed by atoms with Crippen molar-refractivity contribution in [2.24, 2.45) is 11.1 Å². The third kappa shape index (κ3) is 3.16. The van der Waals surface area contributed by atoms with Gasteiger partial charge in [-0.1, -0.05) is 12.1 Å². The van der Waals surface area contributed by atoms with Crippen molar-refractivity contribution in [1.29, 1.82) is 0 Å². The second-order valence-corrected chi connectivity index (χ2v) is 6.24. The zero-order valence-electron chi connectivity index (χ0n) is 12.9. The molecule has 0 fully saturated rings. The van der Waals surface area contributed by atoms with Gasteiger partial charge < -0.3 is 10.6 Å². The molecule has 3 nitrogen and oxygen atoms in total. The molecule has 1 aromatic carbocycles. The van der Waals surface area contributed by atoms with E-state index in [9.17, 15) is 4.79 Å². The first-order valence-corrected chi connectivity index (χ1v) is 6.78. The molecule has 0 atom stereocenters. The Bertz CT molecular complexity index is 458. The molecular weight excluding hydrogens is 236 g/mol. The van der Waals surface area contributed by atoms with Gasteiger partial charge in [0, 0.05) is 17.8 Å². The highest BCUT2D eigenvalue weighted by Crippen LogP contribution is 2.32. The zero-order valence-corrected chi connectivity index (χ0v) is 12.9. The molecule has 1 amide bonds. The van der Waals surface area contributed by atoms with Gasteiger partial charge in [0.1, 0.15) is 0 Å². The first-order chi connectivity index (χ1) is 8.61. The van der Waals surface area contributed by atoms with Crippen LogP contribution in [-0.2, 0) is 4.79 Å². The molecule has 0 aliphatic carbocycles. The van der Waals surface area contributed by atoms with Crippen molar-refractivity contribution in [3.63, 3.8) is 0 Å². The van der Waals surface area contributed by atoms with Crippen LogP contribution < -0.4 is 10.6 Å². The number of carbonyl (C=O) groups excluding carboxylic acids is 1. The second-order valence-electron chi connectivity index (χ2n) is 6.24. The van der Waals surface area contributed by atoms with E-state index in [1.807, 2.05) is 70.7 Å². The summed E-state index contributed by atoms with van der Waals surface area (Å²) in [5.74, 6) is 0.0631. The molecule has 1 rings (SSSR count).